The molecule has 0 fully saturated rings. The van der Waals surface area contributed by atoms with E-state index in [0.29, 0.717) is 19.0 Å². The first-order valence-corrected chi connectivity index (χ1v) is 6.04. The molecule has 2 heteroatoms. The summed E-state index contributed by atoms with van der Waals surface area (Å²) < 4.78 is 0. The molecule has 1 aliphatic rings. The highest BCUT2D eigenvalue weighted by Gasteiger charge is 2.31. The van der Waals surface area contributed by atoms with Crippen molar-refractivity contribution in [1.82, 2.24) is 0 Å². The quantitative estimate of drug-likeness (QED) is 0.834. The normalized spacial score (nSPS) is 27.4. The molecule has 4 N–H and O–H groups in total. The summed E-state index contributed by atoms with van der Waals surface area (Å²) in [7, 11) is 0. The van der Waals surface area contributed by atoms with Gasteiger partial charge in [-0.05, 0) is 11.1 Å². The van der Waals surface area contributed by atoms with Gasteiger partial charge in [0.05, 0.1) is 0 Å². The molecule has 0 saturated carbocycles. The van der Waals surface area contributed by atoms with Crippen LogP contribution in [0.5, 0.6) is 0 Å². The van der Waals surface area contributed by atoms with Crippen molar-refractivity contribution in [2.24, 2.45) is 16.9 Å². The van der Waals surface area contributed by atoms with Gasteiger partial charge in [0.1, 0.15) is 0 Å². The lowest BCUT2D eigenvalue weighted by Gasteiger charge is -2.34. The molecule has 1 aromatic carbocycles. The predicted molar refractivity (Wildman–Crippen MR) is 72.5 cm³/mol. The minimum Gasteiger partial charge on any atom is -0.330 e. The van der Waals surface area contributed by atoms with E-state index in [1.807, 2.05) is 0 Å². The van der Waals surface area contributed by atoms with E-state index in [4.69, 9.17) is 11.5 Å². The van der Waals surface area contributed by atoms with E-state index in [1.165, 1.54) is 11.1 Å². The van der Waals surface area contributed by atoms with Gasteiger partial charge in [-0.15, -0.1) is 0 Å². The smallest absolute Gasteiger partial charge is 0.0178 e. The van der Waals surface area contributed by atoms with Crippen molar-refractivity contribution in [2.75, 3.05) is 6.54 Å². The van der Waals surface area contributed by atoms with Crippen LogP contribution >= 0.6 is 0 Å². The molecule has 0 spiro atoms. The maximum Gasteiger partial charge on any atom is 0.0178 e. The van der Waals surface area contributed by atoms with Gasteiger partial charge >= 0.3 is 0 Å². The van der Waals surface area contributed by atoms with E-state index in [-0.39, 0.29) is 5.41 Å². The molecule has 0 radical (unpaired) electrons. The van der Waals surface area contributed by atoms with Crippen LogP contribution in [-0.2, 0) is 6.54 Å². The lowest BCUT2D eigenvalue weighted by Crippen LogP contribution is -2.32. The zero-order chi connectivity index (χ0) is 12.3. The van der Waals surface area contributed by atoms with Gasteiger partial charge in [-0.25, -0.2) is 0 Å². The first kappa shape index (κ1) is 12.1. The van der Waals surface area contributed by atoms with E-state index in [2.05, 4.69) is 55.5 Å². The van der Waals surface area contributed by atoms with E-state index in [0.717, 1.165) is 0 Å². The van der Waals surface area contributed by atoms with Gasteiger partial charge in [0, 0.05) is 24.4 Å². The second kappa shape index (κ2) is 4.86. The average molecular weight is 228 g/mol. The second-order valence-electron chi connectivity index (χ2n) is 4.88. The SMILES string of the molecule is CC1(CN)C=CC=CC1c1cccc(CN)c1. The Morgan fingerprint density at radius 3 is 2.76 bits per heavy atom. The molecule has 17 heavy (non-hydrogen) atoms. The van der Waals surface area contributed by atoms with Crippen LogP contribution in [0.1, 0.15) is 24.0 Å². The van der Waals surface area contributed by atoms with Crippen molar-refractivity contribution in [2.45, 2.75) is 19.4 Å². The van der Waals surface area contributed by atoms with E-state index in [1.54, 1.807) is 0 Å². The van der Waals surface area contributed by atoms with Crippen molar-refractivity contribution < 1.29 is 0 Å². The third kappa shape index (κ3) is 2.33. The van der Waals surface area contributed by atoms with Gasteiger partial charge in [0.25, 0.3) is 0 Å². The highest BCUT2D eigenvalue weighted by atomic mass is 14.6. The molecule has 90 valence electrons. The Hall–Kier alpha value is -1.38. The summed E-state index contributed by atoms with van der Waals surface area (Å²) in [5.41, 5.74) is 14.1. The summed E-state index contributed by atoms with van der Waals surface area (Å²) in [4.78, 5) is 0. The molecule has 0 heterocycles. The van der Waals surface area contributed by atoms with Crippen LogP contribution in [0.4, 0.5) is 0 Å². The zero-order valence-electron chi connectivity index (χ0n) is 10.3. The number of rotatable bonds is 3. The Kier molecular flexibility index (Phi) is 3.46. The van der Waals surface area contributed by atoms with Gasteiger partial charge in [-0.1, -0.05) is 55.5 Å². The van der Waals surface area contributed by atoms with Crippen LogP contribution in [0.3, 0.4) is 0 Å². The van der Waals surface area contributed by atoms with E-state index < -0.39 is 0 Å². The van der Waals surface area contributed by atoms with Crippen LogP contribution < -0.4 is 11.5 Å². The summed E-state index contributed by atoms with van der Waals surface area (Å²) in [5, 5.41) is 0. The fourth-order valence-electron chi connectivity index (χ4n) is 2.37. The first-order valence-electron chi connectivity index (χ1n) is 6.04. The van der Waals surface area contributed by atoms with Crippen molar-refractivity contribution in [3.63, 3.8) is 0 Å². The van der Waals surface area contributed by atoms with Gasteiger partial charge in [-0.3, -0.25) is 0 Å². The molecule has 1 aromatic rings. The third-order valence-electron chi connectivity index (χ3n) is 3.59. The van der Waals surface area contributed by atoms with Crippen molar-refractivity contribution in [3.05, 3.63) is 59.7 Å². The second-order valence-corrected chi connectivity index (χ2v) is 4.88. The highest BCUT2D eigenvalue weighted by molar-refractivity contribution is 5.36. The van der Waals surface area contributed by atoms with Crippen LogP contribution in [0.2, 0.25) is 0 Å². The standard InChI is InChI=1S/C15H20N2/c1-15(11-17)8-3-2-7-14(15)13-6-4-5-12(9-13)10-16/h2-9,14H,10-11,16-17H2,1H3. The van der Waals surface area contributed by atoms with Gasteiger partial charge < -0.3 is 11.5 Å². The monoisotopic (exact) mass is 228 g/mol. The Bertz CT molecular complexity index is 448. The van der Waals surface area contributed by atoms with Gasteiger partial charge in [-0.2, -0.15) is 0 Å². The molecule has 0 aromatic heterocycles. The van der Waals surface area contributed by atoms with Crippen LogP contribution in [0.15, 0.2) is 48.6 Å². The number of benzene rings is 1. The van der Waals surface area contributed by atoms with Crippen molar-refractivity contribution in [1.29, 1.82) is 0 Å². The largest absolute Gasteiger partial charge is 0.330 e. The fourth-order valence-corrected chi connectivity index (χ4v) is 2.37. The maximum absolute atomic E-state index is 5.93. The Morgan fingerprint density at radius 1 is 1.24 bits per heavy atom. The summed E-state index contributed by atoms with van der Waals surface area (Å²) >= 11 is 0. The van der Waals surface area contributed by atoms with Crippen LogP contribution in [0.25, 0.3) is 0 Å². The lowest BCUT2D eigenvalue weighted by molar-refractivity contribution is 0.389. The predicted octanol–water partition coefficient (Wildman–Crippen LogP) is 2.32. The van der Waals surface area contributed by atoms with E-state index >= 15 is 0 Å². The Labute approximate surface area is 103 Å². The molecule has 1 aliphatic carbocycles. The molecular weight excluding hydrogens is 208 g/mol. The van der Waals surface area contributed by atoms with Gasteiger partial charge in [0.2, 0.25) is 0 Å². The molecule has 0 aliphatic heterocycles. The van der Waals surface area contributed by atoms with Crippen LogP contribution in [-0.4, -0.2) is 6.54 Å². The molecule has 2 rings (SSSR count). The minimum atomic E-state index is 0.00196. The molecule has 0 saturated heterocycles. The first-order chi connectivity index (χ1) is 8.19. The van der Waals surface area contributed by atoms with Crippen molar-refractivity contribution >= 4 is 0 Å². The van der Waals surface area contributed by atoms with Crippen LogP contribution in [0, 0.1) is 5.41 Å². The maximum atomic E-state index is 5.93. The number of hydrogen-bond donors (Lipinski definition) is 2. The van der Waals surface area contributed by atoms with Gasteiger partial charge in [0.15, 0.2) is 0 Å². The number of hydrogen-bond acceptors (Lipinski definition) is 2. The average Bonchev–Trinajstić information content (AvgIpc) is 2.39. The fraction of sp³-hybridized carbons (Fsp3) is 0.333. The topological polar surface area (TPSA) is 52.0 Å². The molecular formula is C15H20N2. The molecule has 0 bridgehead atoms. The molecule has 2 atom stereocenters. The number of nitrogens with two attached hydrogens (primary N) is 2. The summed E-state index contributed by atoms with van der Waals surface area (Å²) in [6, 6.07) is 8.47. The lowest BCUT2D eigenvalue weighted by atomic mass is 9.71. The van der Waals surface area contributed by atoms with E-state index in [9.17, 15) is 0 Å². The summed E-state index contributed by atoms with van der Waals surface area (Å²) in [6.07, 6.45) is 8.60. The summed E-state index contributed by atoms with van der Waals surface area (Å²) in [6.45, 7) is 3.43. The highest BCUT2D eigenvalue weighted by Crippen LogP contribution is 2.39. The Morgan fingerprint density at radius 2 is 2.06 bits per heavy atom. The van der Waals surface area contributed by atoms with Crippen molar-refractivity contribution in [3.8, 4) is 0 Å². The number of allylic oxidation sites excluding steroid dienone is 3. The Balaban J connectivity index is 2.37. The molecule has 2 nitrogen and oxygen atoms in total. The zero-order valence-corrected chi connectivity index (χ0v) is 10.3. The minimum absolute atomic E-state index is 0.00196. The molecule has 0 amide bonds. The third-order valence-corrected chi connectivity index (χ3v) is 3.59. The summed E-state index contributed by atoms with van der Waals surface area (Å²) in [5.74, 6) is 0.337. The molecule has 2 unspecified atom stereocenters.